The smallest absolute Gasteiger partial charge is 0.243 e. The van der Waals surface area contributed by atoms with Gasteiger partial charge in [-0.15, -0.1) is 0 Å². The number of hydrogen-bond acceptors (Lipinski definition) is 2. The first-order valence-electron chi connectivity index (χ1n) is 6.79. The van der Waals surface area contributed by atoms with Crippen molar-refractivity contribution in [2.75, 3.05) is 5.32 Å². The fourth-order valence-electron chi connectivity index (χ4n) is 2.26. The second-order valence-corrected chi connectivity index (χ2v) is 5.46. The number of rotatable bonds is 5. The summed E-state index contributed by atoms with van der Waals surface area (Å²) >= 11 is 0. The van der Waals surface area contributed by atoms with Crippen molar-refractivity contribution in [2.24, 2.45) is 5.73 Å². The van der Waals surface area contributed by atoms with Crippen molar-refractivity contribution in [3.8, 4) is 0 Å². The van der Waals surface area contributed by atoms with Gasteiger partial charge in [0.05, 0.1) is 0 Å². The lowest BCUT2D eigenvalue weighted by atomic mass is 9.91. The maximum absolute atomic E-state index is 13.8. The lowest BCUT2D eigenvalue weighted by Crippen LogP contribution is -2.49. The Hall–Kier alpha value is -2.36. The number of nitrogens with two attached hydrogens (primary N) is 1. The Morgan fingerprint density at radius 3 is 2.57 bits per heavy atom. The van der Waals surface area contributed by atoms with E-state index in [1.807, 2.05) is 31.2 Å². The van der Waals surface area contributed by atoms with Crippen molar-refractivity contribution in [2.45, 2.75) is 25.8 Å². The van der Waals surface area contributed by atoms with Gasteiger partial charge in [0.15, 0.2) is 0 Å². The van der Waals surface area contributed by atoms with E-state index >= 15 is 0 Å². The highest BCUT2D eigenvalue weighted by Crippen LogP contribution is 2.22. The molecule has 0 aliphatic heterocycles. The number of amides is 1. The van der Waals surface area contributed by atoms with E-state index in [2.05, 4.69) is 5.32 Å². The van der Waals surface area contributed by atoms with E-state index in [1.165, 1.54) is 6.07 Å². The van der Waals surface area contributed by atoms with E-state index in [4.69, 9.17) is 5.73 Å². The van der Waals surface area contributed by atoms with Crippen LogP contribution in [0.4, 0.5) is 10.1 Å². The van der Waals surface area contributed by atoms with E-state index < -0.39 is 11.4 Å². The third kappa shape index (κ3) is 3.60. The van der Waals surface area contributed by atoms with Crippen LogP contribution in [0.3, 0.4) is 0 Å². The molecule has 0 bridgehead atoms. The molecule has 0 aliphatic rings. The lowest BCUT2D eigenvalue weighted by Gasteiger charge is -2.29. The average Bonchev–Trinajstić information content (AvgIpc) is 2.41. The molecule has 0 aliphatic carbocycles. The molecule has 110 valence electrons. The highest BCUT2D eigenvalue weighted by molar-refractivity contribution is 5.88. The molecule has 2 aromatic carbocycles. The van der Waals surface area contributed by atoms with Gasteiger partial charge in [-0.25, -0.2) is 4.39 Å². The van der Waals surface area contributed by atoms with E-state index in [1.54, 1.807) is 25.1 Å². The van der Waals surface area contributed by atoms with Crippen LogP contribution in [0.25, 0.3) is 0 Å². The molecular weight excluding hydrogens is 267 g/mol. The number of aryl methyl sites for hydroxylation is 1. The summed E-state index contributed by atoms with van der Waals surface area (Å²) in [6.45, 7) is 3.65. The van der Waals surface area contributed by atoms with Crippen molar-refractivity contribution >= 4 is 11.6 Å². The standard InChI is InChI=1S/C17H19FN2O/c1-12-6-5-8-14(10-12)20-17(2,16(19)21)11-13-7-3-4-9-15(13)18/h3-10,20H,11H2,1-2H3,(H2,19,21). The molecule has 0 aromatic heterocycles. The summed E-state index contributed by atoms with van der Waals surface area (Å²) in [6, 6.07) is 14.0. The monoisotopic (exact) mass is 286 g/mol. The van der Waals surface area contributed by atoms with Gasteiger partial charge < -0.3 is 11.1 Å². The summed E-state index contributed by atoms with van der Waals surface area (Å²) in [5, 5.41) is 3.13. The van der Waals surface area contributed by atoms with Gasteiger partial charge in [0.25, 0.3) is 0 Å². The van der Waals surface area contributed by atoms with Gasteiger partial charge in [-0.2, -0.15) is 0 Å². The third-order valence-corrected chi connectivity index (χ3v) is 3.48. The van der Waals surface area contributed by atoms with Crippen LogP contribution in [0.2, 0.25) is 0 Å². The first-order chi connectivity index (χ1) is 9.90. The lowest BCUT2D eigenvalue weighted by molar-refractivity contribution is -0.121. The molecule has 4 heteroatoms. The largest absolute Gasteiger partial charge is 0.371 e. The van der Waals surface area contributed by atoms with E-state index in [0.29, 0.717) is 5.56 Å². The number of primary amides is 1. The molecule has 0 saturated carbocycles. The number of carbonyl (C=O) groups excluding carboxylic acids is 1. The summed E-state index contributed by atoms with van der Waals surface area (Å²) in [5.41, 5.74) is 6.78. The van der Waals surface area contributed by atoms with Crippen molar-refractivity contribution in [1.82, 2.24) is 0 Å². The molecule has 0 spiro atoms. The maximum Gasteiger partial charge on any atom is 0.243 e. The van der Waals surface area contributed by atoms with Gasteiger partial charge in [0, 0.05) is 12.1 Å². The molecule has 1 amide bonds. The Bertz CT molecular complexity index is 657. The quantitative estimate of drug-likeness (QED) is 0.887. The molecule has 1 unspecified atom stereocenters. The van der Waals surface area contributed by atoms with Gasteiger partial charge in [-0.05, 0) is 43.2 Å². The van der Waals surface area contributed by atoms with Gasteiger partial charge in [-0.1, -0.05) is 30.3 Å². The van der Waals surface area contributed by atoms with Crippen LogP contribution in [0.15, 0.2) is 48.5 Å². The normalized spacial score (nSPS) is 13.5. The van der Waals surface area contributed by atoms with Crippen LogP contribution >= 0.6 is 0 Å². The van der Waals surface area contributed by atoms with Gasteiger partial charge in [-0.3, -0.25) is 4.79 Å². The van der Waals surface area contributed by atoms with Crippen molar-refractivity contribution in [3.63, 3.8) is 0 Å². The minimum atomic E-state index is -1.06. The topological polar surface area (TPSA) is 55.1 Å². The van der Waals surface area contributed by atoms with E-state index in [0.717, 1.165) is 11.3 Å². The van der Waals surface area contributed by atoms with E-state index in [9.17, 15) is 9.18 Å². The Morgan fingerprint density at radius 2 is 1.95 bits per heavy atom. The van der Waals surface area contributed by atoms with Crippen LogP contribution in [0.1, 0.15) is 18.1 Å². The van der Waals surface area contributed by atoms with Gasteiger partial charge in [0.2, 0.25) is 5.91 Å². The highest BCUT2D eigenvalue weighted by Gasteiger charge is 2.32. The van der Waals surface area contributed by atoms with Crippen LogP contribution < -0.4 is 11.1 Å². The van der Waals surface area contributed by atoms with Crippen LogP contribution in [0, 0.1) is 12.7 Å². The molecule has 1 atom stereocenters. The fourth-order valence-corrected chi connectivity index (χ4v) is 2.26. The zero-order valence-corrected chi connectivity index (χ0v) is 12.2. The van der Waals surface area contributed by atoms with E-state index in [-0.39, 0.29) is 12.2 Å². The summed E-state index contributed by atoms with van der Waals surface area (Å²) in [4.78, 5) is 11.9. The van der Waals surface area contributed by atoms with Crippen LogP contribution in [0.5, 0.6) is 0 Å². The zero-order valence-electron chi connectivity index (χ0n) is 12.2. The minimum Gasteiger partial charge on any atom is -0.371 e. The number of hydrogen-bond donors (Lipinski definition) is 2. The number of carbonyl (C=O) groups is 1. The summed E-state index contributed by atoms with van der Waals surface area (Å²) in [6.07, 6.45) is 0.183. The second-order valence-electron chi connectivity index (χ2n) is 5.46. The van der Waals surface area contributed by atoms with Crippen molar-refractivity contribution in [1.29, 1.82) is 0 Å². The third-order valence-electron chi connectivity index (χ3n) is 3.48. The second kappa shape index (κ2) is 5.95. The predicted molar refractivity (Wildman–Crippen MR) is 82.5 cm³/mol. The molecule has 0 fully saturated rings. The number of anilines is 1. The Labute approximate surface area is 124 Å². The molecule has 0 heterocycles. The maximum atomic E-state index is 13.8. The molecule has 3 nitrogen and oxygen atoms in total. The molecule has 2 rings (SSSR count). The predicted octanol–water partition coefficient (Wildman–Crippen LogP) is 3.03. The van der Waals surface area contributed by atoms with Crippen LogP contribution in [-0.4, -0.2) is 11.4 Å². The first kappa shape index (κ1) is 15.0. The minimum absolute atomic E-state index is 0.183. The molecule has 2 aromatic rings. The molecule has 21 heavy (non-hydrogen) atoms. The Balaban J connectivity index is 2.29. The number of nitrogens with one attached hydrogen (secondary N) is 1. The molecule has 0 saturated heterocycles. The Kier molecular flexibility index (Phi) is 4.26. The SMILES string of the molecule is Cc1cccc(NC(C)(Cc2ccccc2F)C(N)=O)c1. The van der Waals surface area contributed by atoms with Gasteiger partial charge >= 0.3 is 0 Å². The first-order valence-corrected chi connectivity index (χ1v) is 6.79. The number of halogens is 1. The summed E-state index contributed by atoms with van der Waals surface area (Å²) < 4.78 is 13.8. The fraction of sp³-hybridized carbons (Fsp3) is 0.235. The zero-order chi connectivity index (χ0) is 15.5. The number of benzene rings is 2. The highest BCUT2D eigenvalue weighted by atomic mass is 19.1. The van der Waals surface area contributed by atoms with Crippen molar-refractivity contribution < 1.29 is 9.18 Å². The average molecular weight is 286 g/mol. The summed E-state index contributed by atoms with van der Waals surface area (Å²) in [7, 11) is 0. The molecular formula is C17H19FN2O. The van der Waals surface area contributed by atoms with Crippen LogP contribution in [-0.2, 0) is 11.2 Å². The molecule has 3 N–H and O–H groups in total. The Morgan fingerprint density at radius 1 is 1.24 bits per heavy atom. The molecule has 0 radical (unpaired) electrons. The van der Waals surface area contributed by atoms with Gasteiger partial charge in [0.1, 0.15) is 11.4 Å². The summed E-state index contributed by atoms with van der Waals surface area (Å²) in [5.74, 6) is -0.858. The van der Waals surface area contributed by atoms with Crippen molar-refractivity contribution in [3.05, 3.63) is 65.5 Å².